The number of fused-ring (bicyclic) bond motifs is 1. The zero-order chi connectivity index (χ0) is 15.5. The molecule has 0 bridgehead atoms. The summed E-state index contributed by atoms with van der Waals surface area (Å²) in [4.78, 5) is 30.9. The van der Waals surface area contributed by atoms with E-state index >= 15 is 0 Å². The number of methoxy groups -OCH3 is 1. The Kier molecular flexibility index (Phi) is 4.98. The summed E-state index contributed by atoms with van der Waals surface area (Å²) < 4.78 is 4.96. The molecule has 0 N–H and O–H groups in total. The van der Waals surface area contributed by atoms with Gasteiger partial charge in [0.1, 0.15) is 0 Å². The van der Waals surface area contributed by atoms with Gasteiger partial charge in [0, 0.05) is 45.8 Å². The molecule has 3 fully saturated rings. The van der Waals surface area contributed by atoms with Crippen LogP contribution in [0.4, 0.5) is 0 Å². The number of ether oxygens (including phenoxy) is 1. The molecule has 3 heterocycles. The van der Waals surface area contributed by atoms with Gasteiger partial charge in [0.15, 0.2) is 0 Å². The van der Waals surface area contributed by atoms with Crippen molar-refractivity contribution in [1.29, 1.82) is 0 Å². The minimum Gasteiger partial charge on any atom is -0.384 e. The number of likely N-dealkylation sites (tertiary alicyclic amines) is 3. The van der Waals surface area contributed by atoms with Gasteiger partial charge in [0.05, 0.1) is 18.9 Å². The summed E-state index contributed by atoms with van der Waals surface area (Å²) in [5.41, 5.74) is 0. The number of amides is 2. The highest BCUT2D eigenvalue weighted by atomic mass is 16.5. The molecule has 0 radical (unpaired) electrons. The molecule has 124 valence electrons. The van der Waals surface area contributed by atoms with Gasteiger partial charge in [-0.3, -0.25) is 9.59 Å². The Morgan fingerprint density at radius 2 is 1.95 bits per heavy atom. The van der Waals surface area contributed by atoms with Crippen LogP contribution in [0.1, 0.15) is 19.3 Å². The van der Waals surface area contributed by atoms with Crippen molar-refractivity contribution in [3.8, 4) is 0 Å². The molecule has 2 atom stereocenters. The maximum absolute atomic E-state index is 12.5. The van der Waals surface area contributed by atoms with Crippen LogP contribution in [-0.4, -0.2) is 86.0 Å². The molecule has 3 rings (SSSR count). The Bertz CT molecular complexity index is 423. The Balaban J connectivity index is 1.46. The molecule has 0 aliphatic carbocycles. The second kappa shape index (κ2) is 6.96. The highest BCUT2D eigenvalue weighted by Gasteiger charge is 2.46. The Morgan fingerprint density at radius 3 is 2.64 bits per heavy atom. The Hall–Kier alpha value is -1.14. The Labute approximate surface area is 132 Å². The van der Waals surface area contributed by atoms with Crippen LogP contribution in [-0.2, 0) is 14.3 Å². The maximum atomic E-state index is 12.5. The molecular weight excluding hydrogens is 282 g/mol. The van der Waals surface area contributed by atoms with Crippen molar-refractivity contribution < 1.29 is 14.3 Å². The molecule has 0 saturated carbocycles. The number of carbonyl (C=O) groups is 2. The lowest BCUT2D eigenvalue weighted by Gasteiger charge is -2.24. The predicted molar refractivity (Wildman–Crippen MR) is 82.3 cm³/mol. The van der Waals surface area contributed by atoms with E-state index in [1.54, 1.807) is 7.11 Å². The van der Waals surface area contributed by atoms with Crippen LogP contribution in [0.25, 0.3) is 0 Å². The monoisotopic (exact) mass is 309 g/mol. The van der Waals surface area contributed by atoms with Crippen molar-refractivity contribution in [2.75, 3.05) is 59.5 Å². The van der Waals surface area contributed by atoms with Crippen molar-refractivity contribution in [3.63, 3.8) is 0 Å². The number of carbonyl (C=O) groups excluding carboxylic acids is 2. The van der Waals surface area contributed by atoms with E-state index in [2.05, 4.69) is 4.90 Å². The molecule has 0 unspecified atom stereocenters. The van der Waals surface area contributed by atoms with Gasteiger partial charge in [-0.2, -0.15) is 0 Å². The molecular formula is C16H27N3O3. The first kappa shape index (κ1) is 15.7. The first-order chi connectivity index (χ1) is 10.7. The summed E-state index contributed by atoms with van der Waals surface area (Å²) in [6, 6.07) is 0. The number of hydrogen-bond acceptors (Lipinski definition) is 4. The molecule has 2 amide bonds. The van der Waals surface area contributed by atoms with Crippen LogP contribution < -0.4 is 0 Å². The summed E-state index contributed by atoms with van der Waals surface area (Å²) in [6.07, 6.45) is 3.00. The smallest absolute Gasteiger partial charge is 0.227 e. The molecule has 3 aliphatic heterocycles. The maximum Gasteiger partial charge on any atom is 0.227 e. The molecule has 6 heteroatoms. The van der Waals surface area contributed by atoms with E-state index in [4.69, 9.17) is 4.74 Å². The van der Waals surface area contributed by atoms with Crippen molar-refractivity contribution >= 4 is 11.8 Å². The predicted octanol–water partition coefficient (Wildman–Crippen LogP) is 0.0355. The number of hydrogen-bond donors (Lipinski definition) is 0. The van der Waals surface area contributed by atoms with E-state index in [0.717, 1.165) is 26.2 Å². The summed E-state index contributed by atoms with van der Waals surface area (Å²) in [7, 11) is 1.60. The van der Waals surface area contributed by atoms with Crippen LogP contribution in [0.3, 0.4) is 0 Å². The van der Waals surface area contributed by atoms with Gasteiger partial charge in [-0.15, -0.1) is 0 Å². The highest BCUT2D eigenvalue weighted by Crippen LogP contribution is 2.32. The van der Waals surface area contributed by atoms with Gasteiger partial charge < -0.3 is 19.4 Å². The SMILES string of the molecule is COCCC(=O)N1C[C@@H]2CN(CCN3CCCC3)C(=O)[C@@H]2C1. The van der Waals surface area contributed by atoms with Gasteiger partial charge in [0.2, 0.25) is 11.8 Å². The second-order valence-electron chi connectivity index (χ2n) is 6.74. The van der Waals surface area contributed by atoms with Gasteiger partial charge in [-0.25, -0.2) is 0 Å². The van der Waals surface area contributed by atoms with Gasteiger partial charge >= 0.3 is 0 Å². The first-order valence-corrected chi connectivity index (χ1v) is 8.47. The summed E-state index contributed by atoms with van der Waals surface area (Å²) in [5.74, 6) is 0.738. The lowest BCUT2D eigenvalue weighted by Crippen LogP contribution is -2.39. The molecule has 0 aromatic rings. The largest absolute Gasteiger partial charge is 0.384 e. The van der Waals surface area contributed by atoms with E-state index in [1.165, 1.54) is 25.9 Å². The number of rotatable bonds is 6. The zero-order valence-electron chi connectivity index (χ0n) is 13.5. The van der Waals surface area contributed by atoms with Gasteiger partial charge in [0.25, 0.3) is 0 Å². The van der Waals surface area contributed by atoms with Crippen LogP contribution in [0.15, 0.2) is 0 Å². The first-order valence-electron chi connectivity index (χ1n) is 8.47. The molecule has 3 saturated heterocycles. The average molecular weight is 309 g/mol. The van der Waals surface area contributed by atoms with E-state index in [-0.39, 0.29) is 17.7 Å². The van der Waals surface area contributed by atoms with Crippen molar-refractivity contribution in [2.24, 2.45) is 11.8 Å². The van der Waals surface area contributed by atoms with Crippen molar-refractivity contribution in [2.45, 2.75) is 19.3 Å². The standard InChI is InChI=1S/C16H27N3O3/c1-22-9-4-15(20)19-11-13-10-18(16(21)14(13)12-19)8-7-17-5-2-3-6-17/h13-14H,2-12H2,1H3/t13-,14+/m0/s1. The molecule has 22 heavy (non-hydrogen) atoms. The highest BCUT2D eigenvalue weighted by molar-refractivity contribution is 5.84. The topological polar surface area (TPSA) is 53.1 Å². The third-order valence-corrected chi connectivity index (χ3v) is 5.28. The average Bonchev–Trinajstić information content (AvgIpc) is 3.21. The third kappa shape index (κ3) is 3.27. The minimum atomic E-state index is 0.0325. The molecule has 3 aliphatic rings. The van der Waals surface area contributed by atoms with Crippen LogP contribution >= 0.6 is 0 Å². The van der Waals surface area contributed by atoms with Crippen molar-refractivity contribution in [3.05, 3.63) is 0 Å². The van der Waals surface area contributed by atoms with E-state index < -0.39 is 0 Å². The van der Waals surface area contributed by atoms with E-state index in [9.17, 15) is 9.59 Å². The summed E-state index contributed by atoms with van der Waals surface area (Å²) in [6.45, 7) is 6.83. The fourth-order valence-corrected chi connectivity index (χ4v) is 3.96. The van der Waals surface area contributed by atoms with Crippen LogP contribution in [0.5, 0.6) is 0 Å². The van der Waals surface area contributed by atoms with Gasteiger partial charge in [-0.05, 0) is 25.9 Å². The minimum absolute atomic E-state index is 0.0325. The molecule has 0 spiro atoms. The molecule has 6 nitrogen and oxygen atoms in total. The molecule has 0 aromatic carbocycles. The lowest BCUT2D eigenvalue weighted by atomic mass is 10.0. The van der Waals surface area contributed by atoms with E-state index in [1.807, 2.05) is 9.80 Å². The number of nitrogens with zero attached hydrogens (tertiary/aromatic N) is 3. The fraction of sp³-hybridized carbons (Fsp3) is 0.875. The fourth-order valence-electron chi connectivity index (χ4n) is 3.96. The normalized spacial score (nSPS) is 28.7. The van der Waals surface area contributed by atoms with Crippen molar-refractivity contribution in [1.82, 2.24) is 14.7 Å². The third-order valence-electron chi connectivity index (χ3n) is 5.28. The molecule has 0 aromatic heterocycles. The quantitative estimate of drug-likeness (QED) is 0.695. The summed E-state index contributed by atoms with van der Waals surface area (Å²) in [5, 5.41) is 0. The van der Waals surface area contributed by atoms with Crippen LogP contribution in [0, 0.1) is 11.8 Å². The Morgan fingerprint density at radius 1 is 1.18 bits per heavy atom. The van der Waals surface area contributed by atoms with Gasteiger partial charge in [-0.1, -0.05) is 0 Å². The lowest BCUT2D eigenvalue weighted by molar-refractivity contribution is -0.133. The zero-order valence-corrected chi connectivity index (χ0v) is 13.5. The van der Waals surface area contributed by atoms with E-state index in [0.29, 0.717) is 25.5 Å². The summed E-state index contributed by atoms with van der Waals surface area (Å²) >= 11 is 0. The van der Waals surface area contributed by atoms with Crippen LogP contribution in [0.2, 0.25) is 0 Å². The second-order valence-corrected chi connectivity index (χ2v) is 6.74.